The van der Waals surface area contributed by atoms with E-state index in [-0.39, 0.29) is 5.91 Å². The summed E-state index contributed by atoms with van der Waals surface area (Å²) < 4.78 is 5.21. The zero-order valence-corrected chi connectivity index (χ0v) is 15.6. The van der Waals surface area contributed by atoms with Crippen molar-refractivity contribution in [2.45, 2.75) is 6.42 Å². The summed E-state index contributed by atoms with van der Waals surface area (Å²) in [6.45, 7) is 4.42. The van der Waals surface area contributed by atoms with Crippen molar-refractivity contribution in [3.05, 3.63) is 65.9 Å². The van der Waals surface area contributed by atoms with E-state index in [1.165, 1.54) is 5.56 Å². The molecule has 0 bridgehead atoms. The standard InChI is InChI=1S/C22H25N3O2/c1-27-18-7-5-17(6-8-18)10-12-24-13-15-25(16-14-24)22(26)20-3-2-4-21-19(20)9-11-23-21/h2-9,11,23H,10,12-16H2,1H3. The monoisotopic (exact) mass is 363 g/mol. The molecule has 1 aliphatic rings. The fraction of sp³-hybridized carbons (Fsp3) is 0.318. The number of amides is 1. The van der Waals surface area contributed by atoms with Gasteiger partial charge in [-0.25, -0.2) is 0 Å². The summed E-state index contributed by atoms with van der Waals surface area (Å²) in [5, 5.41) is 1.00. The molecule has 1 N–H and O–H groups in total. The first-order valence-corrected chi connectivity index (χ1v) is 9.45. The van der Waals surface area contributed by atoms with Crippen LogP contribution in [0.3, 0.4) is 0 Å². The van der Waals surface area contributed by atoms with E-state index in [4.69, 9.17) is 4.74 Å². The first-order chi connectivity index (χ1) is 13.2. The topological polar surface area (TPSA) is 48.6 Å². The number of piperazine rings is 1. The van der Waals surface area contributed by atoms with Crippen LogP contribution in [-0.2, 0) is 6.42 Å². The highest BCUT2D eigenvalue weighted by Crippen LogP contribution is 2.20. The zero-order valence-electron chi connectivity index (χ0n) is 15.6. The van der Waals surface area contributed by atoms with E-state index in [9.17, 15) is 4.79 Å². The van der Waals surface area contributed by atoms with Gasteiger partial charge in [-0.05, 0) is 42.3 Å². The molecule has 2 heterocycles. The lowest BCUT2D eigenvalue weighted by Crippen LogP contribution is -2.49. The van der Waals surface area contributed by atoms with Crippen molar-refractivity contribution in [2.24, 2.45) is 0 Å². The minimum Gasteiger partial charge on any atom is -0.497 e. The lowest BCUT2D eigenvalue weighted by molar-refractivity contribution is 0.0640. The number of aromatic nitrogens is 1. The van der Waals surface area contributed by atoms with Gasteiger partial charge in [0.05, 0.1) is 7.11 Å². The highest BCUT2D eigenvalue weighted by Gasteiger charge is 2.23. The number of aromatic amines is 1. The molecule has 3 aromatic rings. The van der Waals surface area contributed by atoms with E-state index >= 15 is 0 Å². The third kappa shape index (κ3) is 3.83. The molecule has 1 aliphatic heterocycles. The maximum Gasteiger partial charge on any atom is 0.254 e. The van der Waals surface area contributed by atoms with Crippen LogP contribution in [0.25, 0.3) is 10.9 Å². The molecule has 140 valence electrons. The Balaban J connectivity index is 1.32. The van der Waals surface area contributed by atoms with E-state index in [1.807, 2.05) is 47.5 Å². The van der Waals surface area contributed by atoms with E-state index in [2.05, 4.69) is 22.0 Å². The molecule has 5 nitrogen and oxygen atoms in total. The fourth-order valence-corrected chi connectivity index (χ4v) is 3.70. The summed E-state index contributed by atoms with van der Waals surface area (Å²) in [7, 11) is 1.69. The van der Waals surface area contributed by atoms with E-state index in [0.717, 1.165) is 61.4 Å². The van der Waals surface area contributed by atoms with Crippen molar-refractivity contribution in [3.8, 4) is 5.75 Å². The minimum atomic E-state index is 0.134. The smallest absolute Gasteiger partial charge is 0.254 e. The predicted octanol–water partition coefficient (Wildman–Crippen LogP) is 3.18. The number of H-pyrrole nitrogens is 1. The summed E-state index contributed by atoms with van der Waals surface area (Å²) in [4.78, 5) is 20.5. The number of hydrogen-bond acceptors (Lipinski definition) is 3. The summed E-state index contributed by atoms with van der Waals surface area (Å²) >= 11 is 0. The van der Waals surface area contributed by atoms with Gasteiger partial charge in [0, 0.05) is 55.4 Å². The molecular formula is C22H25N3O2. The number of carbonyl (C=O) groups excluding carboxylic acids is 1. The number of hydrogen-bond donors (Lipinski definition) is 1. The zero-order chi connectivity index (χ0) is 18.6. The summed E-state index contributed by atoms with van der Waals surface area (Å²) in [5.41, 5.74) is 3.12. The first kappa shape index (κ1) is 17.6. The van der Waals surface area contributed by atoms with Crippen molar-refractivity contribution >= 4 is 16.8 Å². The van der Waals surface area contributed by atoms with Crippen molar-refractivity contribution in [1.82, 2.24) is 14.8 Å². The molecule has 0 saturated carbocycles. The number of ether oxygens (including phenoxy) is 1. The molecule has 1 saturated heterocycles. The predicted molar refractivity (Wildman–Crippen MR) is 107 cm³/mol. The highest BCUT2D eigenvalue weighted by atomic mass is 16.5. The Morgan fingerprint density at radius 3 is 2.56 bits per heavy atom. The summed E-state index contributed by atoms with van der Waals surface area (Å²) in [6, 6.07) is 16.1. The van der Waals surface area contributed by atoms with Crippen LogP contribution >= 0.6 is 0 Å². The average molecular weight is 363 g/mol. The van der Waals surface area contributed by atoms with Crippen molar-refractivity contribution in [3.63, 3.8) is 0 Å². The molecule has 0 atom stereocenters. The van der Waals surface area contributed by atoms with Gasteiger partial charge >= 0.3 is 0 Å². The average Bonchev–Trinajstić information content (AvgIpc) is 3.21. The summed E-state index contributed by atoms with van der Waals surface area (Å²) in [6.07, 6.45) is 2.90. The number of nitrogens with zero attached hydrogens (tertiary/aromatic N) is 2. The Bertz CT molecular complexity index is 909. The molecule has 2 aromatic carbocycles. The van der Waals surface area contributed by atoms with Crippen molar-refractivity contribution < 1.29 is 9.53 Å². The first-order valence-electron chi connectivity index (χ1n) is 9.45. The van der Waals surface area contributed by atoms with Crippen LogP contribution in [0.15, 0.2) is 54.7 Å². The van der Waals surface area contributed by atoms with Crippen molar-refractivity contribution in [1.29, 1.82) is 0 Å². The molecule has 1 fully saturated rings. The van der Waals surface area contributed by atoms with Gasteiger partial charge in [-0.2, -0.15) is 0 Å². The number of carbonyl (C=O) groups is 1. The fourth-order valence-electron chi connectivity index (χ4n) is 3.70. The second-order valence-corrected chi connectivity index (χ2v) is 6.98. The number of nitrogens with one attached hydrogen (secondary N) is 1. The number of fused-ring (bicyclic) bond motifs is 1. The largest absolute Gasteiger partial charge is 0.497 e. The molecule has 1 aromatic heterocycles. The molecule has 0 aliphatic carbocycles. The molecule has 4 rings (SSSR count). The Labute approximate surface area is 159 Å². The lowest BCUT2D eigenvalue weighted by atomic mass is 10.1. The van der Waals surface area contributed by atoms with Gasteiger partial charge in [0.15, 0.2) is 0 Å². The lowest BCUT2D eigenvalue weighted by Gasteiger charge is -2.35. The van der Waals surface area contributed by atoms with Crippen LogP contribution in [0.1, 0.15) is 15.9 Å². The third-order valence-corrected chi connectivity index (χ3v) is 5.36. The molecule has 1 amide bonds. The van der Waals surface area contributed by atoms with Gasteiger partial charge in [0.2, 0.25) is 0 Å². The second kappa shape index (κ2) is 7.84. The van der Waals surface area contributed by atoms with Crippen molar-refractivity contribution in [2.75, 3.05) is 39.8 Å². The molecule has 27 heavy (non-hydrogen) atoms. The van der Waals surface area contributed by atoms with Gasteiger partial charge in [-0.3, -0.25) is 9.69 Å². The van der Waals surface area contributed by atoms with Crippen LogP contribution in [-0.4, -0.2) is 60.5 Å². The molecule has 0 radical (unpaired) electrons. The molecule has 5 heteroatoms. The third-order valence-electron chi connectivity index (χ3n) is 5.36. The Hall–Kier alpha value is -2.79. The Morgan fingerprint density at radius 2 is 1.81 bits per heavy atom. The van der Waals surface area contributed by atoms with Gasteiger partial charge in [0.25, 0.3) is 5.91 Å². The normalized spacial score (nSPS) is 15.2. The maximum absolute atomic E-state index is 12.9. The highest BCUT2D eigenvalue weighted by molar-refractivity contribution is 6.06. The van der Waals surface area contributed by atoms with Gasteiger partial charge in [-0.15, -0.1) is 0 Å². The second-order valence-electron chi connectivity index (χ2n) is 6.98. The quantitative estimate of drug-likeness (QED) is 0.757. The summed E-state index contributed by atoms with van der Waals surface area (Å²) in [5.74, 6) is 1.03. The molecule has 0 spiro atoms. The van der Waals surface area contributed by atoms with Crippen LogP contribution in [0, 0.1) is 0 Å². The number of benzene rings is 2. The minimum absolute atomic E-state index is 0.134. The van der Waals surface area contributed by atoms with Gasteiger partial charge < -0.3 is 14.6 Å². The van der Waals surface area contributed by atoms with Crippen LogP contribution in [0.2, 0.25) is 0 Å². The number of methoxy groups -OCH3 is 1. The van der Waals surface area contributed by atoms with Crippen LogP contribution in [0.5, 0.6) is 5.75 Å². The van der Waals surface area contributed by atoms with Crippen LogP contribution < -0.4 is 4.74 Å². The van der Waals surface area contributed by atoms with Gasteiger partial charge in [-0.1, -0.05) is 18.2 Å². The van der Waals surface area contributed by atoms with Gasteiger partial charge in [0.1, 0.15) is 5.75 Å². The molecular weight excluding hydrogens is 338 g/mol. The Morgan fingerprint density at radius 1 is 1.04 bits per heavy atom. The van der Waals surface area contributed by atoms with E-state index in [0.29, 0.717) is 0 Å². The van der Waals surface area contributed by atoms with E-state index in [1.54, 1.807) is 7.11 Å². The number of rotatable bonds is 5. The molecule has 0 unspecified atom stereocenters. The Kier molecular flexibility index (Phi) is 5.12. The SMILES string of the molecule is COc1ccc(CCN2CCN(C(=O)c3cccc4[nH]ccc34)CC2)cc1. The van der Waals surface area contributed by atoms with E-state index < -0.39 is 0 Å². The maximum atomic E-state index is 12.9. The van der Waals surface area contributed by atoms with Crippen LogP contribution in [0.4, 0.5) is 0 Å².